The van der Waals surface area contributed by atoms with Crippen LogP contribution in [0.1, 0.15) is 73.0 Å². The van der Waals surface area contributed by atoms with Crippen molar-refractivity contribution in [2.75, 3.05) is 32.7 Å². The van der Waals surface area contributed by atoms with E-state index >= 15 is 4.39 Å². The Balaban J connectivity index is 1.10. The van der Waals surface area contributed by atoms with Crippen LogP contribution in [0.4, 0.5) is 8.78 Å². The number of piperidine rings is 1. The molecule has 40 heavy (non-hydrogen) atoms. The molecule has 2 N–H and O–H groups in total. The van der Waals surface area contributed by atoms with Crippen LogP contribution >= 0.6 is 0 Å². The third-order valence-corrected chi connectivity index (χ3v) is 8.76. The molecule has 2 aromatic heterocycles. The molecule has 2 aromatic carbocycles. The fourth-order valence-corrected chi connectivity index (χ4v) is 6.37. The first-order valence-corrected chi connectivity index (χ1v) is 14.8. The number of alkyl halides is 1. The Hall–Kier alpha value is -3.30. The maximum atomic E-state index is 15.3. The highest BCUT2D eigenvalue weighted by molar-refractivity contribution is 5.98. The van der Waals surface area contributed by atoms with Gasteiger partial charge in [0, 0.05) is 49.0 Å². The number of nitrogens with one attached hydrogen (secondary N) is 2. The number of hydrogen-bond donors (Lipinski definition) is 2. The largest absolute Gasteiger partial charge is 0.352 e. The van der Waals surface area contributed by atoms with Crippen molar-refractivity contribution in [3.05, 3.63) is 59.5 Å². The van der Waals surface area contributed by atoms with Gasteiger partial charge >= 0.3 is 0 Å². The second-order valence-corrected chi connectivity index (χ2v) is 11.6. The van der Waals surface area contributed by atoms with E-state index in [4.69, 9.17) is 4.98 Å². The van der Waals surface area contributed by atoms with Crippen LogP contribution in [-0.2, 0) is 0 Å². The molecule has 210 valence electrons. The van der Waals surface area contributed by atoms with Crippen molar-refractivity contribution in [1.29, 1.82) is 0 Å². The van der Waals surface area contributed by atoms with Crippen LogP contribution in [0.15, 0.2) is 42.6 Å². The van der Waals surface area contributed by atoms with Crippen molar-refractivity contribution in [3.63, 3.8) is 0 Å². The Morgan fingerprint density at radius 3 is 2.65 bits per heavy atom. The number of benzene rings is 2. The fraction of sp³-hybridized carbons (Fsp3) is 0.484. The Labute approximate surface area is 232 Å². The Bertz CT molecular complexity index is 1540. The Morgan fingerprint density at radius 1 is 1.05 bits per heavy atom. The molecule has 2 aliphatic heterocycles. The van der Waals surface area contributed by atoms with Gasteiger partial charge in [0.15, 0.2) is 0 Å². The number of carbonyl (C=O) groups excluding carboxylic acids is 1. The number of halogens is 2. The number of hydrogen-bond acceptors (Lipinski definition) is 4. The molecule has 7 nitrogen and oxygen atoms in total. The van der Waals surface area contributed by atoms with E-state index in [1.807, 2.05) is 40.9 Å². The van der Waals surface area contributed by atoms with Crippen LogP contribution in [-0.4, -0.2) is 63.7 Å². The van der Waals surface area contributed by atoms with E-state index in [-0.39, 0.29) is 17.8 Å². The predicted octanol–water partition coefficient (Wildman–Crippen LogP) is 5.41. The number of amides is 1. The lowest BCUT2D eigenvalue weighted by Crippen LogP contribution is -2.36. The zero-order chi connectivity index (χ0) is 27.2. The minimum Gasteiger partial charge on any atom is -0.352 e. The third kappa shape index (κ3) is 4.90. The summed E-state index contributed by atoms with van der Waals surface area (Å²) in [6.07, 6.45) is 7.58. The standard InChI is InChI=1S/C31H36F2N6O/c32-22-10-15-37(16-11-22)14-2-13-35-30(40)21-5-9-28-29(18-21)39(23-6-7-23)31-36-27(19-38(28)31)24-8-4-20(17-25(24)33)26-3-1-12-34-26/h4-5,8-9,17-19,22-23,26,34H,1-3,6-7,10-16H2,(H,35,40). The number of aromatic nitrogens is 3. The van der Waals surface area contributed by atoms with E-state index in [0.717, 1.165) is 80.7 Å². The molecule has 9 heteroatoms. The van der Waals surface area contributed by atoms with Crippen LogP contribution in [0.2, 0.25) is 0 Å². The highest BCUT2D eigenvalue weighted by atomic mass is 19.1. The van der Waals surface area contributed by atoms with E-state index in [1.54, 1.807) is 6.07 Å². The third-order valence-electron chi connectivity index (χ3n) is 8.76. The lowest BCUT2D eigenvalue weighted by Gasteiger charge is -2.28. The minimum absolute atomic E-state index is 0.0924. The number of nitrogens with zero attached hydrogens (tertiary/aromatic N) is 4. The maximum Gasteiger partial charge on any atom is 0.251 e. The van der Waals surface area contributed by atoms with Crippen molar-refractivity contribution >= 4 is 22.7 Å². The summed E-state index contributed by atoms with van der Waals surface area (Å²) in [5, 5.41) is 6.48. The molecule has 1 unspecified atom stereocenters. The minimum atomic E-state index is -0.665. The molecule has 1 saturated carbocycles. The van der Waals surface area contributed by atoms with Gasteiger partial charge in [-0.25, -0.2) is 13.8 Å². The van der Waals surface area contributed by atoms with Gasteiger partial charge in [-0.05, 0) is 93.9 Å². The zero-order valence-corrected chi connectivity index (χ0v) is 22.7. The molecular weight excluding hydrogens is 510 g/mol. The normalized spacial score (nSPS) is 20.6. The molecule has 0 radical (unpaired) electrons. The smallest absolute Gasteiger partial charge is 0.251 e. The van der Waals surface area contributed by atoms with Crippen molar-refractivity contribution in [1.82, 2.24) is 29.5 Å². The summed E-state index contributed by atoms with van der Waals surface area (Å²) in [6.45, 7) is 4.02. The Kier molecular flexibility index (Phi) is 6.79. The van der Waals surface area contributed by atoms with Crippen LogP contribution in [0.3, 0.4) is 0 Å². The molecule has 3 aliphatic rings. The summed E-state index contributed by atoms with van der Waals surface area (Å²) >= 11 is 0. The fourth-order valence-electron chi connectivity index (χ4n) is 6.37. The summed E-state index contributed by atoms with van der Waals surface area (Å²) in [5.41, 5.74) is 4.67. The van der Waals surface area contributed by atoms with Gasteiger partial charge in [-0.1, -0.05) is 6.07 Å². The molecule has 4 aromatic rings. The average molecular weight is 547 g/mol. The van der Waals surface area contributed by atoms with Gasteiger partial charge in [0.2, 0.25) is 5.78 Å². The predicted molar refractivity (Wildman–Crippen MR) is 152 cm³/mol. The number of carbonyl (C=O) groups is 1. The second kappa shape index (κ2) is 10.6. The molecular formula is C31H36F2N6O. The van der Waals surface area contributed by atoms with Gasteiger partial charge in [-0.15, -0.1) is 0 Å². The lowest BCUT2D eigenvalue weighted by molar-refractivity contribution is 0.0950. The average Bonchev–Trinajstić information content (AvgIpc) is 3.35. The molecule has 0 spiro atoms. The van der Waals surface area contributed by atoms with Crippen molar-refractivity contribution in [3.8, 4) is 11.3 Å². The number of fused-ring (bicyclic) bond motifs is 3. The molecule has 2 saturated heterocycles. The summed E-state index contributed by atoms with van der Waals surface area (Å²) in [6, 6.07) is 11.8. The first-order valence-electron chi connectivity index (χ1n) is 14.8. The van der Waals surface area contributed by atoms with Gasteiger partial charge in [0.1, 0.15) is 12.0 Å². The molecule has 0 bridgehead atoms. The van der Waals surface area contributed by atoms with E-state index in [2.05, 4.69) is 20.1 Å². The monoisotopic (exact) mass is 546 g/mol. The quantitative estimate of drug-likeness (QED) is 0.290. The second-order valence-electron chi connectivity index (χ2n) is 11.6. The Morgan fingerprint density at radius 2 is 1.90 bits per heavy atom. The molecule has 1 aliphatic carbocycles. The van der Waals surface area contributed by atoms with Crippen molar-refractivity contribution in [2.45, 2.75) is 63.2 Å². The van der Waals surface area contributed by atoms with E-state index in [1.165, 1.54) is 0 Å². The van der Waals surface area contributed by atoms with Crippen LogP contribution in [0.25, 0.3) is 28.1 Å². The van der Waals surface area contributed by atoms with Gasteiger partial charge < -0.3 is 20.1 Å². The molecule has 7 rings (SSSR count). The first-order chi connectivity index (χ1) is 19.5. The summed E-state index contributed by atoms with van der Waals surface area (Å²) in [5.74, 6) is 0.438. The van der Waals surface area contributed by atoms with Crippen LogP contribution in [0.5, 0.6) is 0 Å². The zero-order valence-electron chi connectivity index (χ0n) is 22.7. The van der Waals surface area contributed by atoms with Gasteiger partial charge in [0.05, 0.1) is 16.7 Å². The summed E-state index contributed by atoms with van der Waals surface area (Å²) in [7, 11) is 0. The van der Waals surface area contributed by atoms with E-state index < -0.39 is 6.17 Å². The summed E-state index contributed by atoms with van der Waals surface area (Å²) in [4.78, 5) is 20.1. The number of imidazole rings is 2. The highest BCUT2D eigenvalue weighted by Crippen LogP contribution is 2.41. The lowest BCUT2D eigenvalue weighted by atomic mass is 10.0. The van der Waals surface area contributed by atoms with Gasteiger partial charge in [-0.2, -0.15) is 0 Å². The number of rotatable bonds is 8. The van der Waals surface area contributed by atoms with E-state index in [9.17, 15) is 9.18 Å². The molecule has 3 fully saturated rings. The molecule has 4 heterocycles. The van der Waals surface area contributed by atoms with Crippen molar-refractivity contribution in [2.24, 2.45) is 0 Å². The van der Waals surface area contributed by atoms with Gasteiger partial charge in [-0.3, -0.25) is 9.20 Å². The van der Waals surface area contributed by atoms with E-state index in [0.29, 0.717) is 42.2 Å². The SMILES string of the molecule is O=C(NCCCN1CCC(F)CC1)c1ccc2c(c1)n(C1CC1)c1nc(-c3ccc(C4CCCN4)cc3F)cn21. The van der Waals surface area contributed by atoms with Crippen LogP contribution in [0, 0.1) is 5.82 Å². The molecule has 1 atom stereocenters. The van der Waals surface area contributed by atoms with Gasteiger partial charge in [0.25, 0.3) is 5.91 Å². The summed E-state index contributed by atoms with van der Waals surface area (Å²) < 4.78 is 32.8. The van der Waals surface area contributed by atoms with Crippen LogP contribution < -0.4 is 10.6 Å². The first kappa shape index (κ1) is 25.7. The van der Waals surface area contributed by atoms with Crippen molar-refractivity contribution < 1.29 is 13.6 Å². The maximum absolute atomic E-state index is 15.3. The number of likely N-dealkylation sites (tertiary alicyclic amines) is 1. The molecule has 1 amide bonds. The highest BCUT2D eigenvalue weighted by Gasteiger charge is 2.30. The topological polar surface area (TPSA) is 66.6 Å².